The van der Waals surface area contributed by atoms with Crippen molar-refractivity contribution in [1.82, 2.24) is 4.90 Å². The standard InChI is InChI=1S/C13H19NO3/c1-9-8-14(3)10(2)7-12(9)17-13(15)11-5-4-6-16-11/h4-6,9-10,12H,7-8H2,1-3H3/t9-,10-,12-/m1/s1. The maximum absolute atomic E-state index is 11.8. The second kappa shape index (κ2) is 4.92. The van der Waals surface area contributed by atoms with Crippen molar-refractivity contribution in [1.29, 1.82) is 0 Å². The molecule has 1 aromatic heterocycles. The van der Waals surface area contributed by atoms with Gasteiger partial charge in [-0.3, -0.25) is 0 Å². The molecule has 0 unspecified atom stereocenters. The van der Waals surface area contributed by atoms with Gasteiger partial charge in [0, 0.05) is 18.5 Å². The van der Waals surface area contributed by atoms with Gasteiger partial charge in [-0.2, -0.15) is 0 Å². The van der Waals surface area contributed by atoms with Gasteiger partial charge in [-0.1, -0.05) is 6.92 Å². The minimum atomic E-state index is -0.358. The molecule has 0 amide bonds. The number of nitrogens with zero attached hydrogens (tertiary/aromatic N) is 1. The summed E-state index contributed by atoms with van der Waals surface area (Å²) in [4.78, 5) is 14.1. The van der Waals surface area contributed by atoms with E-state index in [1.165, 1.54) is 6.26 Å². The van der Waals surface area contributed by atoms with E-state index in [0.717, 1.165) is 13.0 Å². The van der Waals surface area contributed by atoms with Gasteiger partial charge in [0.2, 0.25) is 5.76 Å². The first-order valence-electron chi connectivity index (χ1n) is 6.02. The van der Waals surface area contributed by atoms with Crippen LogP contribution in [-0.2, 0) is 4.74 Å². The fraction of sp³-hybridized carbons (Fsp3) is 0.615. The van der Waals surface area contributed by atoms with E-state index in [4.69, 9.17) is 9.15 Å². The Bertz CT molecular complexity index is 374. The highest BCUT2D eigenvalue weighted by Crippen LogP contribution is 2.24. The zero-order valence-electron chi connectivity index (χ0n) is 10.6. The van der Waals surface area contributed by atoms with Crippen molar-refractivity contribution in [3.63, 3.8) is 0 Å². The third kappa shape index (κ3) is 2.69. The number of carbonyl (C=O) groups excluding carboxylic acids is 1. The van der Waals surface area contributed by atoms with Crippen LogP contribution >= 0.6 is 0 Å². The van der Waals surface area contributed by atoms with Crippen LogP contribution in [0.2, 0.25) is 0 Å². The molecule has 0 saturated carbocycles. The first kappa shape index (κ1) is 12.2. The second-order valence-corrected chi connectivity index (χ2v) is 4.92. The summed E-state index contributed by atoms with van der Waals surface area (Å²) in [6.45, 7) is 5.22. The Labute approximate surface area is 102 Å². The molecule has 17 heavy (non-hydrogen) atoms. The molecule has 94 valence electrons. The van der Waals surface area contributed by atoms with Crippen molar-refractivity contribution in [3.8, 4) is 0 Å². The van der Waals surface area contributed by atoms with E-state index >= 15 is 0 Å². The molecule has 1 aromatic rings. The minimum Gasteiger partial charge on any atom is -0.457 e. The highest BCUT2D eigenvalue weighted by molar-refractivity contribution is 5.86. The molecule has 4 heteroatoms. The van der Waals surface area contributed by atoms with E-state index in [1.54, 1.807) is 12.1 Å². The molecule has 1 aliphatic heterocycles. The molecule has 1 saturated heterocycles. The molecular formula is C13H19NO3. The maximum atomic E-state index is 11.8. The van der Waals surface area contributed by atoms with E-state index in [-0.39, 0.29) is 17.8 Å². The molecule has 1 aliphatic rings. The average molecular weight is 237 g/mol. The second-order valence-electron chi connectivity index (χ2n) is 4.92. The monoisotopic (exact) mass is 237 g/mol. The molecule has 0 N–H and O–H groups in total. The minimum absolute atomic E-state index is 0.0150. The number of esters is 1. The van der Waals surface area contributed by atoms with E-state index in [9.17, 15) is 4.79 Å². The zero-order valence-corrected chi connectivity index (χ0v) is 10.6. The highest BCUT2D eigenvalue weighted by Gasteiger charge is 2.32. The number of hydrogen-bond donors (Lipinski definition) is 0. The number of likely N-dealkylation sites (tertiary alicyclic amines) is 1. The lowest BCUT2D eigenvalue weighted by atomic mass is 9.92. The quantitative estimate of drug-likeness (QED) is 0.739. The predicted molar refractivity (Wildman–Crippen MR) is 63.8 cm³/mol. The van der Waals surface area contributed by atoms with Crippen molar-refractivity contribution >= 4 is 5.97 Å². The van der Waals surface area contributed by atoms with Gasteiger partial charge in [0.25, 0.3) is 0 Å². The lowest BCUT2D eigenvalue weighted by Crippen LogP contribution is -2.46. The topological polar surface area (TPSA) is 42.7 Å². The van der Waals surface area contributed by atoms with Gasteiger partial charge in [0.1, 0.15) is 6.10 Å². The SMILES string of the molecule is C[C@@H]1CN(C)[C@H](C)C[C@H]1OC(=O)c1ccco1. The Morgan fingerprint density at radius 2 is 2.29 bits per heavy atom. The lowest BCUT2D eigenvalue weighted by molar-refractivity contribution is -0.0219. The Morgan fingerprint density at radius 1 is 1.53 bits per heavy atom. The van der Waals surface area contributed by atoms with Gasteiger partial charge in [-0.15, -0.1) is 0 Å². The molecule has 0 bridgehead atoms. The summed E-state index contributed by atoms with van der Waals surface area (Å²) in [5, 5.41) is 0. The molecule has 0 aromatic carbocycles. The summed E-state index contributed by atoms with van der Waals surface area (Å²) in [5.74, 6) is 0.280. The summed E-state index contributed by atoms with van der Waals surface area (Å²) in [6.07, 6.45) is 2.35. The normalized spacial score (nSPS) is 30.2. The van der Waals surface area contributed by atoms with Crippen LogP contribution < -0.4 is 0 Å². The summed E-state index contributed by atoms with van der Waals surface area (Å²) in [5.41, 5.74) is 0. The van der Waals surface area contributed by atoms with Crippen molar-refractivity contribution in [2.45, 2.75) is 32.4 Å². The van der Waals surface area contributed by atoms with Crippen LogP contribution in [0.1, 0.15) is 30.8 Å². The average Bonchev–Trinajstić information content (AvgIpc) is 2.79. The van der Waals surface area contributed by atoms with Crippen molar-refractivity contribution in [3.05, 3.63) is 24.2 Å². The van der Waals surface area contributed by atoms with Crippen LogP contribution in [0.25, 0.3) is 0 Å². The summed E-state index contributed by atoms with van der Waals surface area (Å²) < 4.78 is 10.5. The van der Waals surface area contributed by atoms with E-state index in [1.807, 2.05) is 0 Å². The molecule has 4 nitrogen and oxygen atoms in total. The molecular weight excluding hydrogens is 218 g/mol. The van der Waals surface area contributed by atoms with E-state index in [2.05, 4.69) is 25.8 Å². The molecule has 2 rings (SSSR count). The lowest BCUT2D eigenvalue weighted by Gasteiger charge is -2.38. The number of carbonyl (C=O) groups is 1. The van der Waals surface area contributed by atoms with Gasteiger partial charge in [0.05, 0.1) is 6.26 Å². The predicted octanol–water partition coefficient (Wildman–Crippen LogP) is 2.17. The fourth-order valence-corrected chi connectivity index (χ4v) is 2.25. The Morgan fingerprint density at radius 3 is 2.94 bits per heavy atom. The van der Waals surface area contributed by atoms with Gasteiger partial charge < -0.3 is 14.1 Å². The van der Waals surface area contributed by atoms with Crippen LogP contribution in [-0.4, -0.2) is 36.6 Å². The van der Waals surface area contributed by atoms with Crippen molar-refractivity contribution in [2.75, 3.05) is 13.6 Å². The van der Waals surface area contributed by atoms with Crippen molar-refractivity contribution < 1.29 is 13.9 Å². The fourth-order valence-electron chi connectivity index (χ4n) is 2.25. The highest BCUT2D eigenvalue weighted by atomic mass is 16.6. The Hall–Kier alpha value is -1.29. The summed E-state index contributed by atoms with van der Waals surface area (Å²) in [7, 11) is 2.10. The molecule has 0 spiro atoms. The number of hydrogen-bond acceptors (Lipinski definition) is 4. The number of piperidine rings is 1. The van der Waals surface area contributed by atoms with E-state index in [0.29, 0.717) is 12.0 Å². The molecule has 2 heterocycles. The van der Waals surface area contributed by atoms with Gasteiger partial charge in [0.15, 0.2) is 0 Å². The van der Waals surface area contributed by atoms with Crippen LogP contribution in [0, 0.1) is 5.92 Å². The summed E-state index contributed by atoms with van der Waals surface area (Å²) in [6, 6.07) is 3.77. The largest absolute Gasteiger partial charge is 0.457 e. The number of ether oxygens (including phenoxy) is 1. The number of furan rings is 1. The van der Waals surface area contributed by atoms with Crippen LogP contribution in [0.15, 0.2) is 22.8 Å². The maximum Gasteiger partial charge on any atom is 0.374 e. The van der Waals surface area contributed by atoms with Crippen LogP contribution in [0.5, 0.6) is 0 Å². The van der Waals surface area contributed by atoms with Crippen LogP contribution in [0.3, 0.4) is 0 Å². The van der Waals surface area contributed by atoms with Crippen LogP contribution in [0.4, 0.5) is 0 Å². The van der Waals surface area contributed by atoms with Gasteiger partial charge >= 0.3 is 5.97 Å². The first-order valence-corrected chi connectivity index (χ1v) is 6.02. The molecule has 0 radical (unpaired) electrons. The van der Waals surface area contributed by atoms with Gasteiger partial charge in [-0.25, -0.2) is 4.79 Å². The molecule has 3 atom stereocenters. The van der Waals surface area contributed by atoms with Gasteiger partial charge in [-0.05, 0) is 32.5 Å². The van der Waals surface area contributed by atoms with E-state index < -0.39 is 0 Å². The number of rotatable bonds is 2. The van der Waals surface area contributed by atoms with Crippen molar-refractivity contribution in [2.24, 2.45) is 5.92 Å². The third-order valence-electron chi connectivity index (χ3n) is 3.52. The third-order valence-corrected chi connectivity index (χ3v) is 3.52. The first-order chi connectivity index (χ1) is 8.08. The molecule has 0 aliphatic carbocycles. The Kier molecular flexibility index (Phi) is 3.52. The zero-order chi connectivity index (χ0) is 12.4. The smallest absolute Gasteiger partial charge is 0.374 e. The Balaban J connectivity index is 1.97. The summed E-state index contributed by atoms with van der Waals surface area (Å²) >= 11 is 0. The molecule has 1 fully saturated rings.